The van der Waals surface area contributed by atoms with Crippen molar-refractivity contribution in [2.75, 3.05) is 25.0 Å². The minimum absolute atomic E-state index is 0.0507. The molecule has 2 aromatic carbocycles. The van der Waals surface area contributed by atoms with E-state index >= 15 is 0 Å². The van der Waals surface area contributed by atoms with Gasteiger partial charge in [0.2, 0.25) is 0 Å². The fourth-order valence-electron chi connectivity index (χ4n) is 3.93. The summed E-state index contributed by atoms with van der Waals surface area (Å²) in [5, 5.41) is 2.98. The maximum Gasteiger partial charge on any atom is 0.321 e. The first-order valence-corrected chi connectivity index (χ1v) is 9.73. The highest BCUT2D eigenvalue weighted by molar-refractivity contribution is 5.89. The number of hydrogen-bond acceptors (Lipinski definition) is 3. The molecule has 2 aliphatic heterocycles. The minimum Gasteiger partial charge on any atom is -0.494 e. The SMILES string of the molecule is CCOc1ccc(NC(=O)N2CCC3(CCc4ccccc4O3)CC2)cc1. The van der Waals surface area contributed by atoms with Gasteiger partial charge in [0, 0.05) is 31.6 Å². The second-order valence-corrected chi connectivity index (χ2v) is 7.27. The van der Waals surface area contributed by atoms with E-state index in [2.05, 4.69) is 23.5 Å². The highest BCUT2D eigenvalue weighted by Crippen LogP contribution is 2.39. The first kappa shape index (κ1) is 17.7. The standard InChI is InChI=1S/C22H26N2O3/c1-2-26-19-9-7-18(8-10-19)23-21(25)24-15-13-22(14-16-24)12-11-17-5-3-4-6-20(17)27-22/h3-10H,2,11-16H2,1H3,(H,23,25). The number of nitrogens with zero attached hydrogens (tertiary/aromatic N) is 1. The Morgan fingerprint density at radius 2 is 1.85 bits per heavy atom. The third-order valence-electron chi connectivity index (χ3n) is 5.53. The van der Waals surface area contributed by atoms with Crippen LogP contribution in [0.4, 0.5) is 10.5 Å². The first-order valence-electron chi connectivity index (χ1n) is 9.73. The Balaban J connectivity index is 1.33. The van der Waals surface area contributed by atoms with Crippen molar-refractivity contribution in [3.05, 3.63) is 54.1 Å². The number of piperidine rings is 1. The topological polar surface area (TPSA) is 50.8 Å². The first-order chi connectivity index (χ1) is 13.2. The van der Waals surface area contributed by atoms with Crippen LogP contribution in [-0.4, -0.2) is 36.2 Å². The molecule has 1 fully saturated rings. The molecular weight excluding hydrogens is 340 g/mol. The highest BCUT2D eigenvalue weighted by atomic mass is 16.5. The fourth-order valence-corrected chi connectivity index (χ4v) is 3.93. The summed E-state index contributed by atoms with van der Waals surface area (Å²) in [6.45, 7) is 4.01. The summed E-state index contributed by atoms with van der Waals surface area (Å²) in [6, 6.07) is 15.7. The van der Waals surface area contributed by atoms with Crippen molar-refractivity contribution < 1.29 is 14.3 Å². The maximum absolute atomic E-state index is 12.6. The zero-order valence-electron chi connectivity index (χ0n) is 15.7. The number of anilines is 1. The lowest BCUT2D eigenvalue weighted by molar-refractivity contribution is -0.00435. The summed E-state index contributed by atoms with van der Waals surface area (Å²) in [5.74, 6) is 1.82. The van der Waals surface area contributed by atoms with Crippen molar-refractivity contribution >= 4 is 11.7 Å². The van der Waals surface area contributed by atoms with Crippen LogP contribution in [0.25, 0.3) is 0 Å². The van der Waals surface area contributed by atoms with E-state index in [1.165, 1.54) is 5.56 Å². The van der Waals surface area contributed by atoms with Crippen molar-refractivity contribution in [3.8, 4) is 11.5 Å². The third kappa shape index (κ3) is 3.87. The number of nitrogens with one attached hydrogen (secondary N) is 1. The molecular formula is C22H26N2O3. The summed E-state index contributed by atoms with van der Waals surface area (Å²) in [7, 11) is 0. The third-order valence-corrected chi connectivity index (χ3v) is 5.53. The van der Waals surface area contributed by atoms with Crippen molar-refractivity contribution in [2.45, 2.75) is 38.2 Å². The monoisotopic (exact) mass is 366 g/mol. The average molecular weight is 366 g/mol. The van der Waals surface area contributed by atoms with Gasteiger partial charge < -0.3 is 19.7 Å². The van der Waals surface area contributed by atoms with Crippen molar-refractivity contribution in [1.82, 2.24) is 4.90 Å². The van der Waals surface area contributed by atoms with E-state index in [1.807, 2.05) is 42.2 Å². The number of ether oxygens (including phenoxy) is 2. The summed E-state index contributed by atoms with van der Waals surface area (Å²) in [4.78, 5) is 14.5. The lowest BCUT2D eigenvalue weighted by Crippen LogP contribution is -2.52. The predicted molar refractivity (Wildman–Crippen MR) is 106 cm³/mol. The molecule has 5 heteroatoms. The van der Waals surface area contributed by atoms with Gasteiger partial charge in [0.05, 0.1) is 6.61 Å². The van der Waals surface area contributed by atoms with E-state index in [1.54, 1.807) is 0 Å². The molecule has 2 amide bonds. The zero-order valence-corrected chi connectivity index (χ0v) is 15.7. The number of rotatable bonds is 3. The van der Waals surface area contributed by atoms with Gasteiger partial charge in [-0.05, 0) is 55.7 Å². The van der Waals surface area contributed by atoms with Crippen LogP contribution < -0.4 is 14.8 Å². The number of carbonyl (C=O) groups is 1. The Hall–Kier alpha value is -2.69. The Labute approximate surface area is 160 Å². The molecule has 0 bridgehead atoms. The summed E-state index contributed by atoms with van der Waals surface area (Å²) in [5.41, 5.74) is 1.95. The fraction of sp³-hybridized carbons (Fsp3) is 0.409. The lowest BCUT2D eigenvalue weighted by Gasteiger charge is -2.44. The Morgan fingerprint density at radius 1 is 1.11 bits per heavy atom. The Kier molecular flexibility index (Phi) is 4.92. The number of hydrogen-bond donors (Lipinski definition) is 1. The average Bonchev–Trinajstić information content (AvgIpc) is 2.70. The van der Waals surface area contributed by atoms with Crippen LogP contribution in [0.3, 0.4) is 0 Å². The molecule has 0 radical (unpaired) electrons. The second-order valence-electron chi connectivity index (χ2n) is 7.27. The number of para-hydroxylation sites is 1. The summed E-state index contributed by atoms with van der Waals surface area (Å²) < 4.78 is 11.8. The molecule has 1 spiro atoms. The zero-order chi connectivity index (χ0) is 18.7. The van der Waals surface area contributed by atoms with Gasteiger partial charge in [0.25, 0.3) is 0 Å². The van der Waals surface area contributed by atoms with Crippen LogP contribution in [0.5, 0.6) is 11.5 Å². The Bertz CT molecular complexity index is 795. The maximum atomic E-state index is 12.6. The van der Waals surface area contributed by atoms with Gasteiger partial charge in [-0.1, -0.05) is 18.2 Å². The number of likely N-dealkylation sites (tertiary alicyclic amines) is 1. The number of benzene rings is 2. The van der Waals surface area contributed by atoms with Crippen LogP contribution >= 0.6 is 0 Å². The molecule has 27 heavy (non-hydrogen) atoms. The second kappa shape index (κ2) is 7.51. The molecule has 1 N–H and O–H groups in total. The molecule has 0 aliphatic carbocycles. The van der Waals surface area contributed by atoms with Crippen LogP contribution in [0.2, 0.25) is 0 Å². The largest absolute Gasteiger partial charge is 0.494 e. The van der Waals surface area contributed by atoms with Crippen molar-refractivity contribution in [3.63, 3.8) is 0 Å². The molecule has 0 unspecified atom stereocenters. The molecule has 5 nitrogen and oxygen atoms in total. The number of urea groups is 1. The van der Waals surface area contributed by atoms with Crippen molar-refractivity contribution in [1.29, 1.82) is 0 Å². The molecule has 2 aliphatic rings. The van der Waals surface area contributed by atoms with Crippen LogP contribution in [0.15, 0.2) is 48.5 Å². The summed E-state index contributed by atoms with van der Waals surface area (Å²) in [6.07, 6.45) is 3.82. The van der Waals surface area contributed by atoms with E-state index in [0.717, 1.165) is 42.9 Å². The molecule has 142 valence electrons. The van der Waals surface area contributed by atoms with Crippen LogP contribution in [0.1, 0.15) is 31.7 Å². The smallest absolute Gasteiger partial charge is 0.321 e. The number of aryl methyl sites for hydroxylation is 1. The van der Waals surface area contributed by atoms with E-state index in [4.69, 9.17) is 9.47 Å². The minimum atomic E-state index is -0.121. The molecule has 1 saturated heterocycles. The van der Waals surface area contributed by atoms with E-state index < -0.39 is 0 Å². The van der Waals surface area contributed by atoms with E-state index in [9.17, 15) is 4.79 Å². The van der Waals surface area contributed by atoms with Gasteiger partial charge in [-0.2, -0.15) is 0 Å². The van der Waals surface area contributed by atoms with E-state index in [0.29, 0.717) is 19.7 Å². The number of carbonyl (C=O) groups excluding carboxylic acids is 1. The molecule has 2 heterocycles. The van der Waals surface area contributed by atoms with Gasteiger partial charge in [-0.3, -0.25) is 0 Å². The normalized spacial score (nSPS) is 17.7. The molecule has 4 rings (SSSR count). The predicted octanol–water partition coefficient (Wildman–Crippen LogP) is 4.48. The number of fused-ring (bicyclic) bond motifs is 1. The molecule has 2 aromatic rings. The Morgan fingerprint density at radius 3 is 2.59 bits per heavy atom. The van der Waals surface area contributed by atoms with E-state index in [-0.39, 0.29) is 11.6 Å². The van der Waals surface area contributed by atoms with Gasteiger partial charge in [0.15, 0.2) is 0 Å². The van der Waals surface area contributed by atoms with Crippen molar-refractivity contribution in [2.24, 2.45) is 0 Å². The quantitative estimate of drug-likeness (QED) is 0.871. The lowest BCUT2D eigenvalue weighted by atomic mass is 9.83. The van der Waals surface area contributed by atoms with Gasteiger partial charge in [0.1, 0.15) is 17.1 Å². The highest BCUT2D eigenvalue weighted by Gasteiger charge is 2.40. The molecule has 0 saturated carbocycles. The molecule has 0 aromatic heterocycles. The summed E-state index contributed by atoms with van der Waals surface area (Å²) >= 11 is 0. The van der Waals surface area contributed by atoms with Crippen LogP contribution in [0, 0.1) is 0 Å². The number of amides is 2. The van der Waals surface area contributed by atoms with Crippen LogP contribution in [-0.2, 0) is 6.42 Å². The van der Waals surface area contributed by atoms with Gasteiger partial charge in [-0.15, -0.1) is 0 Å². The van der Waals surface area contributed by atoms with Gasteiger partial charge >= 0.3 is 6.03 Å². The van der Waals surface area contributed by atoms with Gasteiger partial charge in [-0.25, -0.2) is 4.79 Å². The molecule has 0 atom stereocenters.